The van der Waals surface area contributed by atoms with Crippen LogP contribution in [-0.4, -0.2) is 59.3 Å². The van der Waals surface area contributed by atoms with Crippen LogP contribution in [0.1, 0.15) is 34.1 Å². The van der Waals surface area contributed by atoms with Crippen molar-refractivity contribution in [2.24, 2.45) is 0 Å². The number of amides is 1. The maximum Gasteiger partial charge on any atom is 0.290 e. The SMILES string of the molecule is COc1cc([C@H]2c3c(oc4ccccc4c3=O)C(=O)N2CCC[NH+](C)C)cc(OC)c1OC. The van der Waals surface area contributed by atoms with E-state index in [-0.39, 0.29) is 17.1 Å². The normalized spacial score (nSPS) is 15.3. The van der Waals surface area contributed by atoms with Gasteiger partial charge in [0.1, 0.15) is 5.58 Å². The first-order chi connectivity index (χ1) is 15.9. The molecule has 3 aromatic rings. The third-order valence-corrected chi connectivity index (χ3v) is 5.95. The number of fused-ring (bicyclic) bond motifs is 2. The maximum atomic E-state index is 13.6. The highest BCUT2D eigenvalue weighted by Gasteiger charge is 2.43. The van der Waals surface area contributed by atoms with E-state index >= 15 is 0 Å². The van der Waals surface area contributed by atoms with Crippen molar-refractivity contribution >= 4 is 16.9 Å². The zero-order valence-corrected chi connectivity index (χ0v) is 19.6. The molecule has 33 heavy (non-hydrogen) atoms. The third kappa shape index (κ3) is 3.91. The second-order valence-electron chi connectivity index (χ2n) is 8.34. The molecule has 1 aliphatic rings. The number of hydrogen-bond donors (Lipinski definition) is 1. The van der Waals surface area contributed by atoms with Crippen LogP contribution in [-0.2, 0) is 0 Å². The Labute approximate surface area is 192 Å². The van der Waals surface area contributed by atoms with Crippen molar-refractivity contribution in [1.82, 2.24) is 4.90 Å². The zero-order valence-electron chi connectivity index (χ0n) is 19.6. The molecule has 0 unspecified atom stereocenters. The topological polar surface area (TPSA) is 82.7 Å². The number of carbonyl (C=O) groups is 1. The molecule has 1 atom stereocenters. The molecule has 0 saturated heterocycles. The van der Waals surface area contributed by atoms with Gasteiger partial charge in [-0.3, -0.25) is 9.59 Å². The van der Waals surface area contributed by atoms with E-state index in [4.69, 9.17) is 18.6 Å². The van der Waals surface area contributed by atoms with Gasteiger partial charge in [-0.2, -0.15) is 0 Å². The molecular weight excluding hydrogens is 424 g/mol. The average Bonchev–Trinajstić information content (AvgIpc) is 3.09. The minimum absolute atomic E-state index is 0.0923. The first-order valence-corrected chi connectivity index (χ1v) is 10.9. The Morgan fingerprint density at radius 3 is 2.27 bits per heavy atom. The summed E-state index contributed by atoms with van der Waals surface area (Å²) in [6, 6.07) is 9.94. The first-order valence-electron chi connectivity index (χ1n) is 10.9. The van der Waals surface area contributed by atoms with Gasteiger partial charge in [0.2, 0.25) is 11.5 Å². The molecular formula is C25H29N2O6+. The fraction of sp³-hybridized carbons (Fsp3) is 0.360. The average molecular weight is 454 g/mol. The lowest BCUT2D eigenvalue weighted by Crippen LogP contribution is -3.05. The van der Waals surface area contributed by atoms with Crippen molar-refractivity contribution in [2.45, 2.75) is 12.5 Å². The van der Waals surface area contributed by atoms with Gasteiger partial charge in [0.15, 0.2) is 16.9 Å². The van der Waals surface area contributed by atoms with Gasteiger partial charge in [0, 0.05) is 13.0 Å². The minimum Gasteiger partial charge on any atom is -0.493 e. The number of nitrogens with one attached hydrogen (secondary N) is 1. The first kappa shape index (κ1) is 22.7. The highest BCUT2D eigenvalue weighted by molar-refractivity contribution is 5.99. The van der Waals surface area contributed by atoms with Crippen LogP contribution in [0.25, 0.3) is 11.0 Å². The molecule has 2 heterocycles. The number of ether oxygens (including phenoxy) is 3. The monoisotopic (exact) mass is 453 g/mol. The van der Waals surface area contributed by atoms with Gasteiger partial charge in [0.25, 0.3) is 5.91 Å². The van der Waals surface area contributed by atoms with Crippen LogP contribution in [0.3, 0.4) is 0 Å². The van der Waals surface area contributed by atoms with Gasteiger partial charge in [-0.25, -0.2) is 0 Å². The van der Waals surface area contributed by atoms with Gasteiger partial charge in [-0.05, 0) is 29.8 Å². The molecule has 1 aliphatic heterocycles. The Morgan fingerprint density at radius 2 is 1.67 bits per heavy atom. The van der Waals surface area contributed by atoms with Crippen LogP contribution in [0.15, 0.2) is 45.6 Å². The fourth-order valence-corrected chi connectivity index (χ4v) is 4.41. The summed E-state index contributed by atoms with van der Waals surface area (Å²) < 4.78 is 22.5. The summed E-state index contributed by atoms with van der Waals surface area (Å²) >= 11 is 0. The molecule has 0 fully saturated rings. The summed E-state index contributed by atoms with van der Waals surface area (Å²) in [7, 11) is 8.73. The third-order valence-electron chi connectivity index (χ3n) is 5.95. The van der Waals surface area contributed by atoms with Crippen molar-refractivity contribution < 1.29 is 28.3 Å². The van der Waals surface area contributed by atoms with Crippen molar-refractivity contribution in [2.75, 3.05) is 48.5 Å². The van der Waals surface area contributed by atoms with Crippen molar-refractivity contribution in [3.05, 3.63) is 63.5 Å². The summed E-state index contributed by atoms with van der Waals surface area (Å²) in [5, 5.41) is 0.445. The van der Waals surface area contributed by atoms with E-state index in [0.29, 0.717) is 45.9 Å². The molecule has 174 valence electrons. The van der Waals surface area contributed by atoms with E-state index in [1.54, 1.807) is 41.3 Å². The predicted octanol–water partition coefficient (Wildman–Crippen LogP) is 1.90. The summed E-state index contributed by atoms with van der Waals surface area (Å²) in [5.74, 6) is 1.16. The van der Waals surface area contributed by atoms with E-state index in [0.717, 1.165) is 13.0 Å². The van der Waals surface area contributed by atoms with Crippen LogP contribution >= 0.6 is 0 Å². The quantitative estimate of drug-likeness (QED) is 0.561. The predicted molar refractivity (Wildman–Crippen MR) is 124 cm³/mol. The van der Waals surface area contributed by atoms with Crippen LogP contribution in [0.2, 0.25) is 0 Å². The molecule has 1 aromatic heterocycles. The highest BCUT2D eigenvalue weighted by Crippen LogP contribution is 2.44. The van der Waals surface area contributed by atoms with Crippen molar-refractivity contribution in [3.8, 4) is 17.2 Å². The second-order valence-corrected chi connectivity index (χ2v) is 8.34. The van der Waals surface area contributed by atoms with Gasteiger partial charge in [-0.1, -0.05) is 12.1 Å². The molecule has 1 N–H and O–H groups in total. The number of benzene rings is 2. The number of quaternary nitrogens is 1. The van der Waals surface area contributed by atoms with Crippen LogP contribution < -0.4 is 24.5 Å². The fourth-order valence-electron chi connectivity index (χ4n) is 4.41. The standard InChI is InChI=1S/C25H28N2O6/c1-26(2)11-8-12-27-21(15-13-18(30-3)23(32-5)19(14-15)31-4)20-22(28)16-9-6-7-10-17(16)33-24(20)25(27)29/h6-7,9-10,13-14,21H,8,11-12H2,1-5H3/p+1/t21-/m0/s1. The Kier molecular flexibility index (Phi) is 6.29. The minimum atomic E-state index is -0.626. The Hall–Kier alpha value is -3.52. The van der Waals surface area contributed by atoms with Gasteiger partial charge < -0.3 is 28.4 Å². The van der Waals surface area contributed by atoms with Gasteiger partial charge >= 0.3 is 0 Å². The van der Waals surface area contributed by atoms with Crippen molar-refractivity contribution in [1.29, 1.82) is 0 Å². The smallest absolute Gasteiger partial charge is 0.290 e. The van der Waals surface area contributed by atoms with E-state index < -0.39 is 6.04 Å². The molecule has 1 amide bonds. The lowest BCUT2D eigenvalue weighted by Gasteiger charge is -2.26. The van der Waals surface area contributed by atoms with E-state index in [1.807, 2.05) is 0 Å². The largest absolute Gasteiger partial charge is 0.493 e. The molecule has 0 bridgehead atoms. The lowest BCUT2D eigenvalue weighted by molar-refractivity contribution is -0.858. The van der Waals surface area contributed by atoms with Gasteiger partial charge in [-0.15, -0.1) is 0 Å². The van der Waals surface area contributed by atoms with Crippen molar-refractivity contribution in [3.63, 3.8) is 0 Å². The summed E-state index contributed by atoms with van der Waals surface area (Å²) in [5.41, 5.74) is 1.22. The van der Waals surface area contributed by atoms with Crippen LogP contribution in [0.5, 0.6) is 17.2 Å². The Balaban J connectivity index is 1.93. The molecule has 0 spiro atoms. The summed E-state index contributed by atoms with van der Waals surface area (Å²) in [6.45, 7) is 1.36. The number of hydrogen-bond acceptors (Lipinski definition) is 6. The number of carbonyl (C=O) groups excluding carboxylic acids is 1. The Bertz CT molecular complexity index is 1220. The summed E-state index contributed by atoms with van der Waals surface area (Å²) in [6.07, 6.45) is 0.775. The molecule has 8 heteroatoms. The Morgan fingerprint density at radius 1 is 1.00 bits per heavy atom. The number of rotatable bonds is 8. The molecule has 8 nitrogen and oxygen atoms in total. The van der Waals surface area contributed by atoms with E-state index in [1.165, 1.54) is 26.2 Å². The van der Waals surface area contributed by atoms with E-state index in [9.17, 15) is 9.59 Å². The molecule has 4 rings (SSSR count). The number of nitrogens with zero attached hydrogens (tertiary/aromatic N) is 1. The zero-order chi connectivity index (χ0) is 23.7. The van der Waals surface area contributed by atoms with E-state index in [2.05, 4.69) is 14.1 Å². The molecule has 2 aromatic carbocycles. The molecule has 0 radical (unpaired) electrons. The highest BCUT2D eigenvalue weighted by atomic mass is 16.5. The summed E-state index contributed by atoms with van der Waals surface area (Å²) in [4.78, 5) is 30.0. The molecule has 0 aliphatic carbocycles. The maximum absolute atomic E-state index is 13.6. The number of methoxy groups -OCH3 is 3. The van der Waals surface area contributed by atoms with Crippen LogP contribution in [0.4, 0.5) is 0 Å². The number of para-hydroxylation sites is 1. The second kappa shape index (κ2) is 9.15. The van der Waals surface area contributed by atoms with Gasteiger partial charge in [0.05, 0.1) is 59.0 Å². The molecule has 0 saturated carbocycles. The lowest BCUT2D eigenvalue weighted by atomic mass is 9.97. The van der Waals surface area contributed by atoms with Crippen LogP contribution in [0, 0.1) is 0 Å².